The number of hydrogen-bond donors (Lipinski definition) is 1. The molecule has 4 heteroatoms. The van der Waals surface area contributed by atoms with Crippen molar-refractivity contribution in [3.63, 3.8) is 0 Å². The van der Waals surface area contributed by atoms with Gasteiger partial charge in [0.25, 0.3) is 0 Å². The molecule has 0 aliphatic carbocycles. The third kappa shape index (κ3) is 3.23. The number of carboxylic acid groups (broad SMARTS) is 1. The molecule has 100 valence electrons. The first-order valence-corrected chi connectivity index (χ1v) is 6.34. The number of benzene rings is 1. The summed E-state index contributed by atoms with van der Waals surface area (Å²) in [5.41, 5.74) is 2.86. The molecule has 0 saturated carbocycles. The minimum atomic E-state index is -0.973. The van der Waals surface area contributed by atoms with Crippen molar-refractivity contribution in [1.82, 2.24) is 0 Å². The molecule has 0 aliphatic heterocycles. The number of nitrogens with zero attached hydrogens (tertiary/aromatic N) is 1. The predicted molar refractivity (Wildman–Crippen MR) is 72.2 cm³/mol. The maximum absolute atomic E-state index is 11.4. The second kappa shape index (κ2) is 7.01. The average molecular weight is 251 g/mol. The smallest absolute Gasteiger partial charge is 0.413 e. The minimum absolute atomic E-state index is 0.0792. The predicted octanol–water partition coefficient (Wildman–Crippen LogP) is 3.29. The topological polar surface area (TPSA) is 49.8 Å². The SMILES string of the molecule is CCOCN(C(=O)O)c1c(CC)cccc1CC. The van der Waals surface area contributed by atoms with Crippen LogP contribution in [0.5, 0.6) is 0 Å². The maximum Gasteiger partial charge on any atom is 0.413 e. The summed E-state index contributed by atoms with van der Waals surface area (Å²) in [4.78, 5) is 12.7. The van der Waals surface area contributed by atoms with Gasteiger partial charge in [0.2, 0.25) is 0 Å². The van der Waals surface area contributed by atoms with Crippen LogP contribution in [0.4, 0.5) is 10.5 Å². The number of hydrogen-bond acceptors (Lipinski definition) is 2. The third-order valence-corrected chi connectivity index (χ3v) is 2.89. The van der Waals surface area contributed by atoms with Crippen LogP contribution < -0.4 is 4.90 Å². The number of aryl methyl sites for hydroxylation is 2. The Morgan fingerprint density at radius 3 is 2.17 bits per heavy atom. The van der Waals surface area contributed by atoms with Crippen molar-refractivity contribution in [2.24, 2.45) is 0 Å². The monoisotopic (exact) mass is 251 g/mol. The highest BCUT2D eigenvalue weighted by Gasteiger charge is 2.19. The zero-order chi connectivity index (χ0) is 13.5. The molecule has 1 aromatic carbocycles. The van der Waals surface area contributed by atoms with Crippen molar-refractivity contribution in [1.29, 1.82) is 0 Å². The Morgan fingerprint density at radius 2 is 1.78 bits per heavy atom. The van der Waals surface area contributed by atoms with Gasteiger partial charge >= 0.3 is 6.09 Å². The van der Waals surface area contributed by atoms with Gasteiger partial charge in [-0.15, -0.1) is 0 Å². The Kier molecular flexibility index (Phi) is 5.65. The standard InChI is InChI=1S/C14H21NO3/c1-4-11-8-7-9-12(5-2)13(11)15(14(16)17)10-18-6-3/h7-9H,4-6,10H2,1-3H3,(H,16,17). The largest absolute Gasteiger partial charge is 0.465 e. The molecule has 0 spiro atoms. The molecule has 0 fully saturated rings. The molecule has 0 atom stereocenters. The Balaban J connectivity index is 3.19. The second-order valence-electron chi connectivity index (χ2n) is 3.96. The van der Waals surface area contributed by atoms with Crippen LogP contribution in [-0.2, 0) is 17.6 Å². The first kappa shape index (κ1) is 14.5. The highest BCUT2D eigenvalue weighted by atomic mass is 16.5. The van der Waals surface area contributed by atoms with Crippen LogP contribution in [-0.4, -0.2) is 24.5 Å². The Hall–Kier alpha value is -1.55. The number of anilines is 1. The molecule has 1 N–H and O–H groups in total. The fraction of sp³-hybridized carbons (Fsp3) is 0.500. The number of rotatable bonds is 6. The third-order valence-electron chi connectivity index (χ3n) is 2.89. The Labute approximate surface area is 108 Å². The summed E-state index contributed by atoms with van der Waals surface area (Å²) in [6.07, 6.45) is 0.636. The van der Waals surface area contributed by atoms with E-state index in [1.165, 1.54) is 4.90 Å². The Morgan fingerprint density at radius 1 is 1.22 bits per heavy atom. The number of para-hydroxylation sites is 1. The lowest BCUT2D eigenvalue weighted by atomic mass is 10.0. The zero-order valence-electron chi connectivity index (χ0n) is 11.3. The van der Waals surface area contributed by atoms with E-state index in [1.54, 1.807) is 0 Å². The van der Waals surface area contributed by atoms with Crippen LogP contribution in [0.3, 0.4) is 0 Å². The quantitative estimate of drug-likeness (QED) is 0.789. The molecule has 0 aliphatic rings. The minimum Gasteiger partial charge on any atom is -0.465 e. The van der Waals surface area contributed by atoms with Crippen LogP contribution in [0.15, 0.2) is 18.2 Å². The van der Waals surface area contributed by atoms with Crippen molar-refractivity contribution in [2.45, 2.75) is 33.6 Å². The molecular formula is C14H21NO3. The first-order valence-electron chi connectivity index (χ1n) is 6.34. The summed E-state index contributed by atoms with van der Waals surface area (Å²) in [7, 11) is 0. The highest BCUT2D eigenvalue weighted by Crippen LogP contribution is 2.27. The zero-order valence-corrected chi connectivity index (χ0v) is 11.3. The molecule has 0 aromatic heterocycles. The lowest BCUT2D eigenvalue weighted by Crippen LogP contribution is -2.33. The van der Waals surface area contributed by atoms with E-state index in [9.17, 15) is 9.90 Å². The van der Waals surface area contributed by atoms with Crippen LogP contribution in [0, 0.1) is 0 Å². The first-order chi connectivity index (χ1) is 8.65. The molecule has 4 nitrogen and oxygen atoms in total. The number of carbonyl (C=O) groups is 1. The lowest BCUT2D eigenvalue weighted by Gasteiger charge is -2.24. The van der Waals surface area contributed by atoms with E-state index < -0.39 is 6.09 Å². The fourth-order valence-corrected chi connectivity index (χ4v) is 1.96. The molecule has 1 aromatic rings. The van der Waals surface area contributed by atoms with Gasteiger partial charge in [-0.1, -0.05) is 32.0 Å². The summed E-state index contributed by atoms with van der Waals surface area (Å²) in [6.45, 7) is 6.49. The molecule has 0 heterocycles. The van der Waals surface area contributed by atoms with Gasteiger partial charge in [0.1, 0.15) is 6.73 Å². The average Bonchev–Trinajstić information content (AvgIpc) is 2.38. The van der Waals surface area contributed by atoms with Gasteiger partial charge in [-0.3, -0.25) is 4.90 Å². The van der Waals surface area contributed by atoms with Crippen LogP contribution in [0.1, 0.15) is 31.9 Å². The molecule has 1 rings (SSSR count). The fourth-order valence-electron chi connectivity index (χ4n) is 1.96. The van der Waals surface area contributed by atoms with Crippen LogP contribution in [0.25, 0.3) is 0 Å². The summed E-state index contributed by atoms with van der Waals surface area (Å²) in [5.74, 6) is 0. The summed E-state index contributed by atoms with van der Waals surface area (Å²) in [5, 5.41) is 9.34. The van der Waals surface area contributed by atoms with Gasteiger partial charge in [0, 0.05) is 6.61 Å². The van der Waals surface area contributed by atoms with Crippen LogP contribution >= 0.6 is 0 Å². The number of ether oxygens (including phenoxy) is 1. The lowest BCUT2D eigenvalue weighted by molar-refractivity contribution is 0.137. The molecule has 0 saturated heterocycles. The van der Waals surface area contributed by atoms with Crippen LogP contribution in [0.2, 0.25) is 0 Å². The summed E-state index contributed by atoms with van der Waals surface area (Å²) < 4.78 is 5.26. The molecule has 0 unspecified atom stereocenters. The molecule has 1 amide bonds. The summed E-state index contributed by atoms with van der Waals surface area (Å²) in [6, 6.07) is 5.91. The maximum atomic E-state index is 11.4. The van der Waals surface area contributed by atoms with Crippen molar-refractivity contribution in [2.75, 3.05) is 18.2 Å². The highest BCUT2D eigenvalue weighted by molar-refractivity contribution is 5.88. The van der Waals surface area contributed by atoms with Crippen molar-refractivity contribution in [3.8, 4) is 0 Å². The van der Waals surface area contributed by atoms with E-state index in [1.807, 2.05) is 39.0 Å². The van der Waals surface area contributed by atoms with Crippen molar-refractivity contribution < 1.29 is 14.6 Å². The Bertz CT molecular complexity index is 382. The normalized spacial score (nSPS) is 10.4. The van der Waals surface area contributed by atoms with E-state index in [4.69, 9.17) is 4.74 Å². The van der Waals surface area contributed by atoms with E-state index >= 15 is 0 Å². The van der Waals surface area contributed by atoms with Gasteiger partial charge in [-0.2, -0.15) is 0 Å². The van der Waals surface area contributed by atoms with Crippen molar-refractivity contribution in [3.05, 3.63) is 29.3 Å². The molecule has 0 radical (unpaired) electrons. The van der Waals surface area contributed by atoms with Gasteiger partial charge in [-0.05, 0) is 30.9 Å². The van der Waals surface area contributed by atoms with Gasteiger partial charge < -0.3 is 9.84 Å². The van der Waals surface area contributed by atoms with E-state index in [0.717, 1.165) is 29.7 Å². The van der Waals surface area contributed by atoms with E-state index in [-0.39, 0.29) is 6.73 Å². The van der Waals surface area contributed by atoms with Gasteiger partial charge in [0.05, 0.1) is 5.69 Å². The molecule has 18 heavy (non-hydrogen) atoms. The van der Waals surface area contributed by atoms with Crippen molar-refractivity contribution >= 4 is 11.8 Å². The second-order valence-corrected chi connectivity index (χ2v) is 3.96. The summed E-state index contributed by atoms with van der Waals surface area (Å²) >= 11 is 0. The van der Waals surface area contributed by atoms with Gasteiger partial charge in [0.15, 0.2) is 0 Å². The van der Waals surface area contributed by atoms with Gasteiger partial charge in [-0.25, -0.2) is 4.79 Å². The molecule has 0 bridgehead atoms. The van der Waals surface area contributed by atoms with E-state index in [2.05, 4.69) is 0 Å². The number of amides is 1. The van der Waals surface area contributed by atoms with E-state index in [0.29, 0.717) is 6.61 Å². The molecular weight excluding hydrogens is 230 g/mol.